The van der Waals surface area contributed by atoms with Gasteiger partial charge in [-0.2, -0.15) is 5.26 Å². The number of carbonyl (C=O) groups is 3. The molecular weight excluding hydrogens is 544 g/mol. The second kappa shape index (κ2) is 8.83. The van der Waals surface area contributed by atoms with Crippen LogP contribution in [0.5, 0.6) is 0 Å². The highest BCUT2D eigenvalue weighted by Gasteiger charge is 2.82. The first-order valence-electron chi connectivity index (χ1n) is 16.9. The number of rotatable bonds is 3. The fraction of sp³-hybridized carbons (Fsp3) is 0.641. The van der Waals surface area contributed by atoms with E-state index >= 15 is 4.79 Å². The third-order valence-corrected chi connectivity index (χ3v) is 14.6. The number of nitriles is 1. The third-order valence-electron chi connectivity index (χ3n) is 14.6. The Morgan fingerprint density at radius 3 is 2.25 bits per heavy atom. The summed E-state index contributed by atoms with van der Waals surface area (Å²) in [5.74, 6) is 0.184. The quantitative estimate of drug-likeness (QED) is 0.366. The van der Waals surface area contributed by atoms with Crippen molar-refractivity contribution in [3.8, 4) is 6.07 Å². The minimum Gasteiger partial charge on any atom is -0.328 e. The van der Waals surface area contributed by atoms with Crippen molar-refractivity contribution in [3.63, 3.8) is 0 Å². The predicted molar refractivity (Wildman–Crippen MR) is 170 cm³/mol. The lowest BCUT2D eigenvalue weighted by Gasteiger charge is -2.71. The number of benzene rings is 1. The van der Waals surface area contributed by atoms with Crippen LogP contribution >= 0.6 is 0 Å². The highest BCUT2D eigenvalue weighted by molar-refractivity contribution is 6.08. The zero-order valence-electron chi connectivity index (χ0n) is 27.7. The Kier molecular flexibility index (Phi) is 5.96. The number of carbonyl (C=O) groups excluding carboxylic acids is 3. The van der Waals surface area contributed by atoms with Crippen LogP contribution in [0.25, 0.3) is 0 Å². The lowest BCUT2D eigenvalue weighted by atomic mass is 9.33. The molecule has 6 aliphatic rings. The van der Waals surface area contributed by atoms with Gasteiger partial charge in [-0.3, -0.25) is 14.4 Å². The monoisotopic (exact) mass is 592 g/mol. The molecule has 3 saturated carbocycles. The van der Waals surface area contributed by atoms with E-state index in [9.17, 15) is 14.9 Å². The summed E-state index contributed by atoms with van der Waals surface area (Å²) in [6, 6.07) is 12.6. The van der Waals surface area contributed by atoms with Crippen molar-refractivity contribution >= 4 is 17.5 Å². The van der Waals surface area contributed by atoms with Gasteiger partial charge in [-0.25, -0.2) is 0 Å². The molecule has 1 spiro atoms. The van der Waals surface area contributed by atoms with Gasteiger partial charge in [0.1, 0.15) is 11.6 Å². The Labute approximate surface area is 263 Å². The van der Waals surface area contributed by atoms with Gasteiger partial charge in [0.2, 0.25) is 5.91 Å². The van der Waals surface area contributed by atoms with E-state index in [2.05, 4.69) is 57.7 Å². The number of Topliss-reactive ketones (excluding diaryl/α,β-unsaturated/α-hetero) is 1. The van der Waals surface area contributed by atoms with Gasteiger partial charge < -0.3 is 4.90 Å². The molecule has 0 aromatic heterocycles. The molecule has 5 heteroatoms. The van der Waals surface area contributed by atoms with Crippen LogP contribution in [0.2, 0.25) is 0 Å². The number of nitrogens with zero attached hydrogens (tertiary/aromatic N) is 2. The van der Waals surface area contributed by atoms with Gasteiger partial charge >= 0.3 is 0 Å². The maximum atomic E-state index is 15.4. The summed E-state index contributed by atoms with van der Waals surface area (Å²) in [4.78, 5) is 45.9. The summed E-state index contributed by atoms with van der Waals surface area (Å²) in [7, 11) is 0. The van der Waals surface area contributed by atoms with E-state index in [-0.39, 0.29) is 45.7 Å². The second-order valence-electron chi connectivity index (χ2n) is 17.2. The molecule has 2 bridgehead atoms. The van der Waals surface area contributed by atoms with Gasteiger partial charge in [0, 0.05) is 28.7 Å². The summed E-state index contributed by atoms with van der Waals surface area (Å²) in [6.07, 6.45) is 10.7. The van der Waals surface area contributed by atoms with E-state index in [1.54, 1.807) is 0 Å². The number of hydrogen-bond donors (Lipinski definition) is 0. The number of fused-ring (bicyclic) bond motifs is 4. The summed E-state index contributed by atoms with van der Waals surface area (Å²) >= 11 is 0. The number of allylic oxidation sites excluding steroid dienone is 3. The molecule has 1 aromatic carbocycles. The number of amides is 1. The van der Waals surface area contributed by atoms with Crippen molar-refractivity contribution in [2.45, 2.75) is 105 Å². The fourth-order valence-corrected chi connectivity index (χ4v) is 12.2. The van der Waals surface area contributed by atoms with Gasteiger partial charge in [0.15, 0.2) is 11.6 Å². The SMILES string of the molecule is CC1(C)CC[C@]23CC[C@@]4(C)[C@]5(C)CC[C@H]6C(C)(C)C(=O)C(C#N)=C[C@]6(C)C5=CC(=O)[C@@]4([C@@H]2C1)N(CCc1ccccc1)C3=O. The van der Waals surface area contributed by atoms with E-state index in [1.807, 2.05) is 44.2 Å². The van der Waals surface area contributed by atoms with Gasteiger partial charge in [0.25, 0.3) is 0 Å². The molecule has 7 rings (SSSR count). The van der Waals surface area contributed by atoms with Crippen molar-refractivity contribution in [2.24, 2.45) is 44.3 Å². The Hall–Kier alpha value is -3.00. The Bertz CT molecular complexity index is 1590. The van der Waals surface area contributed by atoms with Crippen molar-refractivity contribution in [3.05, 3.63) is 59.2 Å². The van der Waals surface area contributed by atoms with E-state index < -0.39 is 27.2 Å². The minimum atomic E-state index is -0.905. The number of likely N-dealkylation sites (tertiary alicyclic amines) is 1. The standard InChI is InChI=1S/C39H48N2O3/c1-33(2)16-18-38-19-17-37(7)36(6)15-13-27-34(3,4)31(43)26(24-40)22-35(27,5)28(36)21-30(42)39(37,29(38)23-33)41(32(38)44)20-14-25-11-9-8-10-12-25/h8-12,21-22,27,29H,13-20,23H2,1-7H3/t27-,29+,35-,36+,37-,38-,39+/m0/s1. The van der Waals surface area contributed by atoms with E-state index in [1.165, 1.54) is 5.56 Å². The number of ketones is 2. The third kappa shape index (κ3) is 3.23. The van der Waals surface area contributed by atoms with Crippen LogP contribution in [0, 0.1) is 55.7 Å². The molecule has 0 N–H and O–H groups in total. The Morgan fingerprint density at radius 1 is 0.886 bits per heavy atom. The minimum absolute atomic E-state index is 0.0000591. The molecule has 4 fully saturated rings. The van der Waals surface area contributed by atoms with Gasteiger partial charge in [-0.1, -0.05) is 84.9 Å². The van der Waals surface area contributed by atoms with Crippen LogP contribution < -0.4 is 0 Å². The molecule has 5 nitrogen and oxygen atoms in total. The summed E-state index contributed by atoms with van der Waals surface area (Å²) in [5, 5.41) is 10.1. The van der Waals surface area contributed by atoms with Crippen molar-refractivity contribution in [1.29, 1.82) is 5.26 Å². The topological polar surface area (TPSA) is 78.2 Å². The first kappa shape index (κ1) is 29.7. The first-order chi connectivity index (χ1) is 20.5. The van der Waals surface area contributed by atoms with Gasteiger partial charge in [-0.15, -0.1) is 0 Å². The Balaban J connectivity index is 1.46. The summed E-state index contributed by atoms with van der Waals surface area (Å²) in [6.45, 7) is 16.0. The summed E-state index contributed by atoms with van der Waals surface area (Å²) < 4.78 is 0. The van der Waals surface area contributed by atoms with E-state index in [0.717, 1.165) is 56.9 Å². The van der Waals surface area contributed by atoms with Crippen LogP contribution in [0.15, 0.2) is 53.6 Å². The number of hydrogen-bond acceptors (Lipinski definition) is 4. The molecule has 1 saturated heterocycles. The van der Waals surface area contributed by atoms with Gasteiger partial charge in [-0.05, 0) is 85.3 Å². The molecule has 5 aliphatic carbocycles. The maximum Gasteiger partial charge on any atom is 0.230 e. The molecular formula is C39H48N2O3. The Morgan fingerprint density at radius 2 is 1.57 bits per heavy atom. The smallest absolute Gasteiger partial charge is 0.230 e. The fourth-order valence-electron chi connectivity index (χ4n) is 12.2. The average molecular weight is 593 g/mol. The summed E-state index contributed by atoms with van der Waals surface area (Å²) in [5.41, 5.74) is -0.982. The van der Waals surface area contributed by atoms with Crippen molar-refractivity contribution in [2.75, 3.05) is 6.54 Å². The van der Waals surface area contributed by atoms with Crippen molar-refractivity contribution < 1.29 is 14.4 Å². The predicted octanol–water partition coefficient (Wildman–Crippen LogP) is 7.41. The molecule has 0 unspecified atom stereocenters. The van der Waals surface area contributed by atoms with E-state index in [0.29, 0.717) is 6.54 Å². The largest absolute Gasteiger partial charge is 0.328 e. The molecule has 7 atom stereocenters. The van der Waals surface area contributed by atoms with Crippen molar-refractivity contribution in [1.82, 2.24) is 4.90 Å². The molecule has 0 radical (unpaired) electrons. The highest BCUT2D eigenvalue weighted by Crippen LogP contribution is 2.79. The lowest BCUT2D eigenvalue weighted by molar-refractivity contribution is -0.180. The van der Waals surface area contributed by atoms with Crippen LogP contribution in [0.4, 0.5) is 0 Å². The van der Waals surface area contributed by atoms with Crippen LogP contribution in [-0.2, 0) is 20.8 Å². The second-order valence-corrected chi connectivity index (χ2v) is 17.2. The molecule has 1 aliphatic heterocycles. The lowest BCUT2D eigenvalue weighted by Crippen LogP contribution is -2.75. The van der Waals surface area contributed by atoms with Crippen LogP contribution in [-0.4, -0.2) is 34.5 Å². The molecule has 44 heavy (non-hydrogen) atoms. The average Bonchev–Trinajstić information content (AvgIpc) is 3.12. The highest BCUT2D eigenvalue weighted by atomic mass is 16.2. The first-order valence-corrected chi connectivity index (χ1v) is 16.9. The van der Waals surface area contributed by atoms with Crippen LogP contribution in [0.1, 0.15) is 99.0 Å². The van der Waals surface area contributed by atoms with Crippen LogP contribution in [0.3, 0.4) is 0 Å². The zero-order chi connectivity index (χ0) is 31.7. The maximum absolute atomic E-state index is 15.4. The molecule has 1 amide bonds. The normalized spacial score (nSPS) is 43.1. The molecule has 232 valence electrons. The molecule has 1 heterocycles. The zero-order valence-corrected chi connectivity index (χ0v) is 27.7. The van der Waals surface area contributed by atoms with Gasteiger partial charge in [0.05, 0.1) is 11.0 Å². The molecule has 1 aromatic rings. The van der Waals surface area contributed by atoms with E-state index in [4.69, 9.17) is 0 Å².